The summed E-state index contributed by atoms with van der Waals surface area (Å²) in [6, 6.07) is 0. The van der Waals surface area contributed by atoms with Crippen LogP contribution in [-0.2, 0) is 11.3 Å². The van der Waals surface area contributed by atoms with Gasteiger partial charge in [0.15, 0.2) is 5.96 Å². The first-order valence-electron chi connectivity index (χ1n) is 8.86. The number of aryl methyl sites for hydroxylation is 1. The number of aromatic nitrogens is 1. The number of halogens is 1. The minimum atomic E-state index is 0. The van der Waals surface area contributed by atoms with E-state index in [1.165, 1.54) is 17.9 Å². The van der Waals surface area contributed by atoms with E-state index in [2.05, 4.69) is 49.3 Å². The predicted octanol–water partition coefficient (Wildman–Crippen LogP) is 2.28. The Morgan fingerprint density at radius 2 is 2.23 bits per heavy atom. The summed E-state index contributed by atoms with van der Waals surface area (Å²) in [5, 5.41) is 6.87. The van der Waals surface area contributed by atoms with E-state index in [9.17, 15) is 0 Å². The van der Waals surface area contributed by atoms with Crippen LogP contribution in [0.15, 0.2) is 10.4 Å². The van der Waals surface area contributed by atoms with E-state index in [1.54, 1.807) is 11.3 Å². The molecule has 6 nitrogen and oxygen atoms in total. The quantitative estimate of drug-likeness (QED) is 0.372. The minimum absolute atomic E-state index is 0. The van der Waals surface area contributed by atoms with Gasteiger partial charge in [-0.25, -0.2) is 4.98 Å². The average Bonchev–Trinajstić information content (AvgIpc) is 3.26. The zero-order valence-corrected chi connectivity index (χ0v) is 19.8. The lowest BCUT2D eigenvalue weighted by Crippen LogP contribution is -2.60. The highest BCUT2D eigenvalue weighted by Gasteiger charge is 2.40. The van der Waals surface area contributed by atoms with Crippen LogP contribution in [0.4, 0.5) is 0 Å². The Kier molecular flexibility index (Phi) is 8.92. The average molecular weight is 511 g/mol. The number of morpholine rings is 1. The van der Waals surface area contributed by atoms with Crippen molar-refractivity contribution in [2.45, 2.75) is 25.4 Å². The topological polar surface area (TPSA) is 53.0 Å². The van der Waals surface area contributed by atoms with Crippen LogP contribution in [0.3, 0.4) is 0 Å². The smallest absolute Gasteiger partial charge is 0.193 e. The molecule has 0 amide bonds. The van der Waals surface area contributed by atoms with Gasteiger partial charge in [0.1, 0.15) is 0 Å². The first-order valence-corrected chi connectivity index (χ1v) is 10.9. The number of hydrogen-bond donors (Lipinski definition) is 1. The van der Waals surface area contributed by atoms with Crippen LogP contribution < -0.4 is 5.32 Å². The number of ether oxygens (including phenoxy) is 1. The van der Waals surface area contributed by atoms with Crippen molar-refractivity contribution in [3.63, 3.8) is 0 Å². The third-order valence-corrected chi connectivity index (χ3v) is 7.04. The van der Waals surface area contributed by atoms with E-state index in [0.29, 0.717) is 0 Å². The molecule has 0 aliphatic carbocycles. The van der Waals surface area contributed by atoms with Gasteiger partial charge in [0.25, 0.3) is 0 Å². The molecule has 1 aromatic heterocycles. The van der Waals surface area contributed by atoms with E-state index in [4.69, 9.17) is 4.74 Å². The molecule has 1 N–H and O–H groups in total. The first-order chi connectivity index (χ1) is 12.1. The summed E-state index contributed by atoms with van der Waals surface area (Å²) in [6.45, 7) is 7.54. The van der Waals surface area contributed by atoms with Gasteiger partial charge in [-0.05, 0) is 19.1 Å². The maximum atomic E-state index is 5.55. The van der Waals surface area contributed by atoms with Crippen molar-refractivity contribution in [1.82, 2.24) is 20.1 Å². The van der Waals surface area contributed by atoms with Gasteiger partial charge in [-0.3, -0.25) is 9.89 Å². The van der Waals surface area contributed by atoms with Crippen molar-refractivity contribution < 1.29 is 4.74 Å². The highest BCUT2D eigenvalue weighted by atomic mass is 127. The van der Waals surface area contributed by atoms with Crippen molar-refractivity contribution in [2.24, 2.45) is 4.99 Å². The maximum Gasteiger partial charge on any atom is 0.193 e. The highest BCUT2D eigenvalue weighted by molar-refractivity contribution is 14.0. The number of thiazole rings is 1. The zero-order valence-electron chi connectivity index (χ0n) is 15.9. The molecule has 3 heterocycles. The lowest BCUT2D eigenvalue weighted by Gasteiger charge is -2.43. The lowest BCUT2D eigenvalue weighted by molar-refractivity contribution is -0.0121. The second-order valence-electron chi connectivity index (χ2n) is 6.74. The molecule has 9 heteroatoms. The fourth-order valence-electron chi connectivity index (χ4n) is 3.56. The standard InChI is InChI=1S/C17H29N5OS2.HI/c1-14-20-15(11-25-14)10-21(3)16(18-2)19-12-17(4-9-24-13-17)22-5-7-23-8-6-22;/h11H,4-10,12-13H2,1-3H3,(H,18,19);1H. The maximum absolute atomic E-state index is 5.55. The second kappa shape index (κ2) is 10.4. The van der Waals surface area contributed by atoms with Crippen LogP contribution in [0.5, 0.6) is 0 Å². The van der Waals surface area contributed by atoms with Crippen molar-refractivity contribution in [3.05, 3.63) is 16.1 Å². The molecule has 2 saturated heterocycles. The fraction of sp³-hybridized carbons (Fsp3) is 0.765. The Labute approximate surface area is 182 Å². The number of aliphatic imine (C=N–C) groups is 1. The van der Waals surface area contributed by atoms with E-state index in [0.717, 1.165) is 56.1 Å². The van der Waals surface area contributed by atoms with E-state index in [1.807, 2.05) is 14.0 Å². The van der Waals surface area contributed by atoms with Gasteiger partial charge in [-0.2, -0.15) is 11.8 Å². The van der Waals surface area contributed by atoms with Gasteiger partial charge in [-0.15, -0.1) is 35.3 Å². The number of guanidine groups is 1. The molecule has 0 saturated carbocycles. The molecule has 1 aromatic rings. The van der Waals surface area contributed by atoms with Crippen LogP contribution in [0, 0.1) is 6.92 Å². The molecule has 2 aliphatic heterocycles. The van der Waals surface area contributed by atoms with Crippen molar-refractivity contribution >= 4 is 53.0 Å². The lowest BCUT2D eigenvalue weighted by atomic mass is 9.95. The Morgan fingerprint density at radius 1 is 1.46 bits per heavy atom. The highest BCUT2D eigenvalue weighted by Crippen LogP contribution is 2.33. The Morgan fingerprint density at radius 3 is 2.81 bits per heavy atom. The monoisotopic (exact) mass is 511 g/mol. The van der Waals surface area contributed by atoms with Crippen LogP contribution in [0.25, 0.3) is 0 Å². The molecule has 1 unspecified atom stereocenters. The summed E-state index contributed by atoms with van der Waals surface area (Å²) in [5.41, 5.74) is 1.33. The van der Waals surface area contributed by atoms with Gasteiger partial charge in [-0.1, -0.05) is 0 Å². The molecular weight excluding hydrogens is 481 g/mol. The molecule has 0 bridgehead atoms. The number of nitrogens with zero attached hydrogens (tertiary/aromatic N) is 4. The minimum Gasteiger partial charge on any atom is -0.379 e. The Balaban J connectivity index is 0.00000243. The van der Waals surface area contributed by atoms with E-state index in [-0.39, 0.29) is 29.5 Å². The van der Waals surface area contributed by atoms with E-state index < -0.39 is 0 Å². The van der Waals surface area contributed by atoms with Crippen molar-refractivity contribution in [3.8, 4) is 0 Å². The first kappa shape index (κ1) is 22.2. The summed E-state index contributed by atoms with van der Waals surface area (Å²) < 4.78 is 5.55. The Hall–Kier alpha value is -0.100. The number of thioether (sulfide) groups is 1. The molecule has 0 spiro atoms. The second-order valence-corrected chi connectivity index (χ2v) is 8.91. The summed E-state index contributed by atoms with van der Waals surface area (Å²) in [5.74, 6) is 3.37. The predicted molar refractivity (Wildman–Crippen MR) is 122 cm³/mol. The third kappa shape index (κ3) is 5.46. The molecule has 0 radical (unpaired) electrons. The molecule has 148 valence electrons. The Bertz CT molecular complexity index is 585. The number of hydrogen-bond acceptors (Lipinski definition) is 6. The SMILES string of the molecule is CN=C(NCC1(N2CCOCC2)CCSC1)N(C)Cc1csc(C)n1.I. The largest absolute Gasteiger partial charge is 0.379 e. The van der Waals surface area contributed by atoms with Gasteiger partial charge in [0, 0.05) is 50.4 Å². The summed E-state index contributed by atoms with van der Waals surface area (Å²) in [4.78, 5) is 13.8. The molecular formula is C17H30IN5OS2. The van der Waals surface area contributed by atoms with Crippen LogP contribution in [0.2, 0.25) is 0 Å². The van der Waals surface area contributed by atoms with Crippen LogP contribution >= 0.6 is 47.1 Å². The fourth-order valence-corrected chi connectivity index (χ4v) is 5.64. The van der Waals surface area contributed by atoms with Gasteiger partial charge in [0.05, 0.1) is 30.5 Å². The summed E-state index contributed by atoms with van der Waals surface area (Å²) in [6.07, 6.45) is 1.23. The summed E-state index contributed by atoms with van der Waals surface area (Å²) >= 11 is 3.76. The van der Waals surface area contributed by atoms with Crippen molar-refractivity contribution in [2.75, 3.05) is 58.4 Å². The molecule has 26 heavy (non-hydrogen) atoms. The number of nitrogens with one attached hydrogen (secondary N) is 1. The molecule has 2 aliphatic rings. The van der Waals surface area contributed by atoms with Crippen LogP contribution in [-0.4, -0.2) is 84.7 Å². The number of rotatable bonds is 5. The van der Waals surface area contributed by atoms with Gasteiger partial charge < -0.3 is 15.0 Å². The van der Waals surface area contributed by atoms with Crippen molar-refractivity contribution in [1.29, 1.82) is 0 Å². The molecule has 0 aromatic carbocycles. The molecule has 1 atom stereocenters. The molecule has 2 fully saturated rings. The zero-order chi connectivity index (χ0) is 17.7. The van der Waals surface area contributed by atoms with Crippen LogP contribution in [0.1, 0.15) is 17.1 Å². The van der Waals surface area contributed by atoms with E-state index >= 15 is 0 Å². The normalized spacial score (nSPS) is 24.3. The molecule has 3 rings (SSSR count). The third-order valence-electron chi connectivity index (χ3n) is 4.98. The summed E-state index contributed by atoms with van der Waals surface area (Å²) in [7, 11) is 3.94. The van der Waals surface area contributed by atoms with Gasteiger partial charge in [0.2, 0.25) is 0 Å². The van der Waals surface area contributed by atoms with Gasteiger partial charge >= 0.3 is 0 Å².